The molecule has 30 heavy (non-hydrogen) atoms. The molecular weight excluding hydrogens is 378 g/mol. The van der Waals surface area contributed by atoms with Gasteiger partial charge in [-0.15, -0.1) is 0 Å². The molecule has 0 N–H and O–H groups in total. The fourth-order valence-electron chi connectivity index (χ4n) is 3.90. The van der Waals surface area contributed by atoms with Gasteiger partial charge in [0.25, 0.3) is 5.91 Å². The van der Waals surface area contributed by atoms with E-state index < -0.39 is 0 Å². The minimum atomic E-state index is -0.106. The van der Waals surface area contributed by atoms with Crippen molar-refractivity contribution in [3.05, 3.63) is 65.2 Å². The highest BCUT2D eigenvalue weighted by Crippen LogP contribution is 2.33. The van der Waals surface area contributed by atoms with E-state index in [2.05, 4.69) is 36.1 Å². The topological polar surface area (TPSA) is 54.4 Å². The number of carbonyl (C=O) groups is 1. The number of benzene rings is 2. The average Bonchev–Trinajstić information content (AvgIpc) is 3.21. The van der Waals surface area contributed by atoms with E-state index in [-0.39, 0.29) is 11.9 Å². The summed E-state index contributed by atoms with van der Waals surface area (Å²) >= 11 is 0. The van der Waals surface area contributed by atoms with E-state index in [1.807, 2.05) is 31.2 Å². The molecule has 0 saturated carbocycles. The van der Waals surface area contributed by atoms with Gasteiger partial charge >= 0.3 is 0 Å². The smallest absolute Gasteiger partial charge is 0.257 e. The van der Waals surface area contributed by atoms with Gasteiger partial charge in [-0.05, 0) is 37.1 Å². The first kappa shape index (κ1) is 20.6. The molecule has 1 atom stereocenters. The maximum atomic E-state index is 13.2. The molecule has 0 spiro atoms. The lowest BCUT2D eigenvalue weighted by molar-refractivity contribution is -0.135. The first-order chi connectivity index (χ1) is 14.6. The number of ether oxygens (including phenoxy) is 2. The fraction of sp³-hybridized carbons (Fsp3) is 0.417. The predicted octanol–water partition coefficient (Wildman–Crippen LogP) is 3.40. The van der Waals surface area contributed by atoms with Gasteiger partial charge in [0.05, 0.1) is 38.1 Å². The molecule has 2 aliphatic rings. The van der Waals surface area contributed by atoms with Crippen LogP contribution in [0.15, 0.2) is 53.6 Å². The number of carbonyl (C=O) groups excluding carboxylic acids is 1. The number of amides is 1. The Hall–Kier alpha value is -2.70. The third-order valence-corrected chi connectivity index (χ3v) is 5.59. The van der Waals surface area contributed by atoms with E-state index in [0.717, 1.165) is 35.7 Å². The summed E-state index contributed by atoms with van der Waals surface area (Å²) in [4.78, 5) is 15.3. The highest BCUT2D eigenvalue weighted by molar-refractivity contribution is 6.03. The summed E-state index contributed by atoms with van der Waals surface area (Å²) in [5.74, 6) is 0.864. The molecule has 1 fully saturated rings. The Bertz CT molecular complexity index is 887. The normalized spacial score (nSPS) is 19.6. The second-order valence-electron chi connectivity index (χ2n) is 7.76. The van der Waals surface area contributed by atoms with Crippen LogP contribution in [0.4, 0.5) is 0 Å². The summed E-state index contributed by atoms with van der Waals surface area (Å²) in [5, 5.41) is 6.46. The molecule has 2 aromatic rings. The molecule has 0 radical (unpaired) electrons. The van der Waals surface area contributed by atoms with Gasteiger partial charge in [0, 0.05) is 19.5 Å². The lowest BCUT2D eigenvalue weighted by Crippen LogP contribution is -2.43. The van der Waals surface area contributed by atoms with Crippen LogP contribution in [0.1, 0.15) is 36.1 Å². The van der Waals surface area contributed by atoms with Crippen molar-refractivity contribution in [2.75, 3.05) is 39.5 Å². The molecule has 0 unspecified atom stereocenters. The van der Waals surface area contributed by atoms with Crippen molar-refractivity contribution < 1.29 is 14.3 Å². The third-order valence-electron chi connectivity index (χ3n) is 5.59. The summed E-state index contributed by atoms with van der Waals surface area (Å²) < 4.78 is 11.0. The Morgan fingerprint density at radius 1 is 1.10 bits per heavy atom. The van der Waals surface area contributed by atoms with Crippen LogP contribution in [0, 0.1) is 6.92 Å². The third kappa shape index (κ3) is 4.71. The van der Waals surface area contributed by atoms with Crippen molar-refractivity contribution in [2.45, 2.75) is 26.3 Å². The standard InChI is InChI=1S/C24H29N3O3/c1-3-30-21-10-8-20(9-11-21)23-16-22(19-6-4-18(2)5-7-19)25-27(23)24(28)17-26-12-14-29-15-13-26/h4-11,23H,3,12-17H2,1-2H3/t23-/m1/s1. The van der Waals surface area contributed by atoms with E-state index >= 15 is 0 Å². The fourth-order valence-corrected chi connectivity index (χ4v) is 3.90. The molecule has 2 heterocycles. The molecule has 4 rings (SSSR count). The number of hydrogen-bond donors (Lipinski definition) is 0. The largest absolute Gasteiger partial charge is 0.494 e. The number of nitrogens with zero attached hydrogens (tertiary/aromatic N) is 3. The van der Waals surface area contributed by atoms with Crippen LogP contribution in [0.5, 0.6) is 5.75 Å². The zero-order valence-corrected chi connectivity index (χ0v) is 17.7. The molecule has 2 aliphatic heterocycles. The minimum Gasteiger partial charge on any atom is -0.494 e. The minimum absolute atomic E-state index is 0.0258. The molecule has 2 aromatic carbocycles. The predicted molar refractivity (Wildman–Crippen MR) is 117 cm³/mol. The number of hydrogen-bond acceptors (Lipinski definition) is 5. The highest BCUT2D eigenvalue weighted by atomic mass is 16.5. The van der Waals surface area contributed by atoms with Crippen molar-refractivity contribution >= 4 is 11.6 Å². The Kier molecular flexibility index (Phi) is 6.45. The summed E-state index contributed by atoms with van der Waals surface area (Å²) in [6.45, 7) is 7.94. The van der Waals surface area contributed by atoms with E-state index in [1.54, 1.807) is 5.01 Å². The van der Waals surface area contributed by atoms with Gasteiger partial charge in [0.1, 0.15) is 5.75 Å². The van der Waals surface area contributed by atoms with Crippen LogP contribution >= 0.6 is 0 Å². The Labute approximate surface area is 178 Å². The summed E-state index contributed by atoms with van der Waals surface area (Å²) in [6.07, 6.45) is 0.700. The highest BCUT2D eigenvalue weighted by Gasteiger charge is 2.33. The van der Waals surface area contributed by atoms with Crippen LogP contribution in [-0.2, 0) is 9.53 Å². The summed E-state index contributed by atoms with van der Waals surface area (Å²) in [7, 11) is 0. The SMILES string of the molecule is CCOc1ccc([C@H]2CC(c3ccc(C)cc3)=NN2C(=O)CN2CCOCC2)cc1. The zero-order chi connectivity index (χ0) is 20.9. The lowest BCUT2D eigenvalue weighted by Gasteiger charge is -2.29. The van der Waals surface area contributed by atoms with Crippen LogP contribution in [-0.4, -0.2) is 61.0 Å². The van der Waals surface area contributed by atoms with Crippen LogP contribution in [0.2, 0.25) is 0 Å². The Morgan fingerprint density at radius 3 is 2.47 bits per heavy atom. The Balaban J connectivity index is 1.58. The maximum absolute atomic E-state index is 13.2. The quantitative estimate of drug-likeness (QED) is 0.737. The molecule has 6 heteroatoms. The van der Waals surface area contributed by atoms with Gasteiger partial charge in [-0.3, -0.25) is 9.69 Å². The average molecular weight is 408 g/mol. The zero-order valence-electron chi connectivity index (χ0n) is 17.7. The molecule has 6 nitrogen and oxygen atoms in total. The van der Waals surface area contributed by atoms with Crippen LogP contribution < -0.4 is 4.74 Å². The van der Waals surface area contributed by atoms with E-state index in [9.17, 15) is 4.79 Å². The van der Waals surface area contributed by atoms with Crippen LogP contribution in [0.25, 0.3) is 0 Å². The second-order valence-corrected chi connectivity index (χ2v) is 7.76. The van der Waals surface area contributed by atoms with E-state index in [0.29, 0.717) is 32.8 Å². The van der Waals surface area contributed by atoms with Gasteiger partial charge in [0.15, 0.2) is 0 Å². The number of rotatable bonds is 6. The van der Waals surface area contributed by atoms with Crippen molar-refractivity contribution in [1.29, 1.82) is 0 Å². The maximum Gasteiger partial charge on any atom is 0.257 e. The lowest BCUT2D eigenvalue weighted by atomic mass is 9.98. The molecule has 0 aromatic heterocycles. The Morgan fingerprint density at radius 2 is 1.80 bits per heavy atom. The number of morpholine rings is 1. The van der Waals surface area contributed by atoms with Crippen molar-refractivity contribution in [2.24, 2.45) is 5.10 Å². The number of aryl methyl sites for hydroxylation is 1. The van der Waals surface area contributed by atoms with Gasteiger partial charge in [0.2, 0.25) is 0 Å². The van der Waals surface area contributed by atoms with Crippen molar-refractivity contribution in [3.63, 3.8) is 0 Å². The molecule has 1 amide bonds. The summed E-state index contributed by atoms with van der Waals surface area (Å²) in [5.41, 5.74) is 4.29. The van der Waals surface area contributed by atoms with E-state index in [1.165, 1.54) is 5.56 Å². The number of hydrazone groups is 1. The van der Waals surface area contributed by atoms with E-state index in [4.69, 9.17) is 14.6 Å². The van der Waals surface area contributed by atoms with Gasteiger partial charge in [-0.25, -0.2) is 5.01 Å². The first-order valence-electron chi connectivity index (χ1n) is 10.6. The van der Waals surface area contributed by atoms with Crippen LogP contribution in [0.3, 0.4) is 0 Å². The van der Waals surface area contributed by atoms with Gasteiger partial charge in [-0.2, -0.15) is 5.10 Å². The molecule has 0 aliphatic carbocycles. The molecular formula is C24H29N3O3. The molecule has 158 valence electrons. The summed E-state index contributed by atoms with van der Waals surface area (Å²) in [6, 6.07) is 16.2. The van der Waals surface area contributed by atoms with Crippen molar-refractivity contribution in [1.82, 2.24) is 9.91 Å². The molecule has 0 bridgehead atoms. The molecule has 1 saturated heterocycles. The second kappa shape index (κ2) is 9.41. The van der Waals surface area contributed by atoms with Gasteiger partial charge < -0.3 is 9.47 Å². The van der Waals surface area contributed by atoms with Crippen molar-refractivity contribution in [3.8, 4) is 5.75 Å². The van der Waals surface area contributed by atoms with Gasteiger partial charge in [-0.1, -0.05) is 42.0 Å². The first-order valence-corrected chi connectivity index (χ1v) is 10.6. The monoisotopic (exact) mass is 407 g/mol.